The van der Waals surface area contributed by atoms with E-state index in [1.165, 1.54) is 4.88 Å². The standard InChI is InChI=1S/C17H21BrN2O2S/c1-2-20(9-10-22-15-7-5-14(18)6-8-15)13-17(21)19-12-16-4-3-11-23-16/h3-8,11H,2,9-10,12-13H2,1H3,(H,19,21). The number of hydrogen-bond acceptors (Lipinski definition) is 4. The van der Waals surface area contributed by atoms with Crippen molar-refractivity contribution in [2.24, 2.45) is 0 Å². The number of benzene rings is 1. The highest BCUT2D eigenvalue weighted by Crippen LogP contribution is 2.15. The summed E-state index contributed by atoms with van der Waals surface area (Å²) in [6, 6.07) is 11.8. The van der Waals surface area contributed by atoms with E-state index in [1.807, 2.05) is 48.7 Å². The van der Waals surface area contributed by atoms with Crippen LogP contribution in [0.15, 0.2) is 46.3 Å². The zero-order valence-electron chi connectivity index (χ0n) is 13.1. The Morgan fingerprint density at radius 3 is 2.74 bits per heavy atom. The molecule has 124 valence electrons. The van der Waals surface area contributed by atoms with E-state index in [1.54, 1.807) is 11.3 Å². The first-order valence-corrected chi connectivity index (χ1v) is 9.24. The molecule has 23 heavy (non-hydrogen) atoms. The molecule has 0 saturated carbocycles. The SMILES string of the molecule is CCN(CCOc1ccc(Br)cc1)CC(=O)NCc1cccs1. The monoisotopic (exact) mass is 396 g/mol. The van der Waals surface area contributed by atoms with Crippen LogP contribution in [-0.4, -0.2) is 37.0 Å². The fraction of sp³-hybridized carbons (Fsp3) is 0.353. The van der Waals surface area contributed by atoms with Gasteiger partial charge in [-0.25, -0.2) is 0 Å². The second kappa shape index (κ2) is 9.70. The largest absolute Gasteiger partial charge is 0.492 e. The lowest BCUT2D eigenvalue weighted by molar-refractivity contribution is -0.122. The van der Waals surface area contributed by atoms with Crippen molar-refractivity contribution in [3.05, 3.63) is 51.1 Å². The highest BCUT2D eigenvalue weighted by Gasteiger charge is 2.09. The first kappa shape index (κ1) is 18.0. The van der Waals surface area contributed by atoms with Crippen molar-refractivity contribution in [3.8, 4) is 5.75 Å². The lowest BCUT2D eigenvalue weighted by Crippen LogP contribution is -2.38. The number of thiophene rings is 1. The minimum atomic E-state index is 0.0453. The number of carbonyl (C=O) groups excluding carboxylic acids is 1. The summed E-state index contributed by atoms with van der Waals surface area (Å²) in [5, 5.41) is 4.96. The Labute approximate surface area is 149 Å². The van der Waals surface area contributed by atoms with E-state index in [0.29, 0.717) is 19.7 Å². The number of nitrogens with one attached hydrogen (secondary N) is 1. The second-order valence-electron chi connectivity index (χ2n) is 5.03. The van der Waals surface area contributed by atoms with Crippen molar-refractivity contribution in [3.63, 3.8) is 0 Å². The van der Waals surface area contributed by atoms with Gasteiger partial charge in [0.05, 0.1) is 13.1 Å². The fourth-order valence-corrected chi connectivity index (χ4v) is 2.94. The zero-order chi connectivity index (χ0) is 16.5. The summed E-state index contributed by atoms with van der Waals surface area (Å²) in [6.45, 7) is 5.14. The van der Waals surface area contributed by atoms with Crippen LogP contribution in [0.25, 0.3) is 0 Å². The van der Waals surface area contributed by atoms with Gasteiger partial charge in [-0.05, 0) is 42.3 Å². The Bertz CT molecular complexity index is 587. The molecular formula is C17H21BrN2O2S. The highest BCUT2D eigenvalue weighted by atomic mass is 79.9. The summed E-state index contributed by atoms with van der Waals surface area (Å²) in [5.41, 5.74) is 0. The first-order valence-electron chi connectivity index (χ1n) is 7.57. The minimum absolute atomic E-state index is 0.0453. The van der Waals surface area contributed by atoms with Crippen LogP contribution in [-0.2, 0) is 11.3 Å². The van der Waals surface area contributed by atoms with Gasteiger partial charge >= 0.3 is 0 Å². The molecule has 6 heteroatoms. The number of likely N-dealkylation sites (N-methyl/N-ethyl adjacent to an activating group) is 1. The summed E-state index contributed by atoms with van der Waals surface area (Å²) in [4.78, 5) is 15.2. The van der Waals surface area contributed by atoms with Crippen LogP contribution in [0, 0.1) is 0 Å². The first-order chi connectivity index (χ1) is 11.2. The molecule has 1 N–H and O–H groups in total. The molecule has 0 fully saturated rings. The van der Waals surface area contributed by atoms with Crippen LogP contribution in [0.4, 0.5) is 0 Å². The molecule has 2 aromatic rings. The van der Waals surface area contributed by atoms with Gasteiger partial charge < -0.3 is 10.1 Å². The van der Waals surface area contributed by atoms with Crippen molar-refractivity contribution in [2.45, 2.75) is 13.5 Å². The molecule has 0 aliphatic heterocycles. The fourth-order valence-electron chi connectivity index (χ4n) is 2.03. The molecule has 1 aromatic heterocycles. The average Bonchev–Trinajstić information content (AvgIpc) is 3.07. The van der Waals surface area contributed by atoms with Gasteiger partial charge in [-0.15, -0.1) is 11.3 Å². The van der Waals surface area contributed by atoms with Gasteiger partial charge in [0.25, 0.3) is 0 Å². The molecule has 0 unspecified atom stereocenters. The molecule has 0 spiro atoms. The molecular weight excluding hydrogens is 376 g/mol. The molecule has 0 radical (unpaired) electrons. The molecule has 1 aromatic carbocycles. The van der Waals surface area contributed by atoms with E-state index in [0.717, 1.165) is 23.3 Å². The van der Waals surface area contributed by atoms with Crippen LogP contribution < -0.4 is 10.1 Å². The maximum Gasteiger partial charge on any atom is 0.234 e. The van der Waals surface area contributed by atoms with Gasteiger partial charge in [-0.1, -0.05) is 28.9 Å². The maximum absolute atomic E-state index is 12.0. The van der Waals surface area contributed by atoms with Gasteiger partial charge in [0.15, 0.2) is 0 Å². The van der Waals surface area contributed by atoms with Crippen LogP contribution in [0.5, 0.6) is 5.75 Å². The molecule has 0 aliphatic rings. The predicted octanol–water partition coefficient (Wildman–Crippen LogP) is 3.53. The smallest absolute Gasteiger partial charge is 0.234 e. The Morgan fingerprint density at radius 2 is 2.09 bits per heavy atom. The van der Waals surface area contributed by atoms with E-state index in [4.69, 9.17) is 4.74 Å². The van der Waals surface area contributed by atoms with E-state index in [2.05, 4.69) is 26.1 Å². The Balaban J connectivity index is 1.67. The van der Waals surface area contributed by atoms with E-state index in [9.17, 15) is 4.79 Å². The quantitative estimate of drug-likeness (QED) is 0.704. The van der Waals surface area contributed by atoms with Crippen molar-refractivity contribution in [1.29, 1.82) is 0 Å². The number of ether oxygens (including phenoxy) is 1. The Hall–Kier alpha value is -1.37. The lowest BCUT2D eigenvalue weighted by atomic mass is 10.3. The number of nitrogens with zero attached hydrogens (tertiary/aromatic N) is 1. The number of amides is 1. The van der Waals surface area contributed by atoms with E-state index in [-0.39, 0.29) is 5.91 Å². The van der Waals surface area contributed by atoms with Gasteiger partial charge in [0.2, 0.25) is 5.91 Å². The minimum Gasteiger partial charge on any atom is -0.492 e. The summed E-state index contributed by atoms with van der Waals surface area (Å²) < 4.78 is 6.73. The van der Waals surface area contributed by atoms with Crippen LogP contribution >= 0.6 is 27.3 Å². The molecule has 0 saturated heterocycles. The van der Waals surface area contributed by atoms with Crippen molar-refractivity contribution in [1.82, 2.24) is 10.2 Å². The average molecular weight is 397 g/mol. The lowest BCUT2D eigenvalue weighted by Gasteiger charge is -2.20. The molecule has 1 amide bonds. The maximum atomic E-state index is 12.0. The Kier molecular flexibility index (Phi) is 7.58. The number of halogens is 1. The topological polar surface area (TPSA) is 41.6 Å². The summed E-state index contributed by atoms with van der Waals surface area (Å²) in [7, 11) is 0. The van der Waals surface area contributed by atoms with E-state index >= 15 is 0 Å². The third kappa shape index (κ3) is 6.72. The van der Waals surface area contributed by atoms with Crippen LogP contribution in [0.3, 0.4) is 0 Å². The van der Waals surface area contributed by atoms with Crippen molar-refractivity contribution >= 4 is 33.2 Å². The number of rotatable bonds is 9. The molecule has 0 bridgehead atoms. The summed E-state index contributed by atoms with van der Waals surface area (Å²) >= 11 is 5.05. The predicted molar refractivity (Wildman–Crippen MR) is 97.9 cm³/mol. The van der Waals surface area contributed by atoms with Crippen molar-refractivity contribution < 1.29 is 9.53 Å². The van der Waals surface area contributed by atoms with Gasteiger partial charge in [0.1, 0.15) is 12.4 Å². The summed E-state index contributed by atoms with van der Waals surface area (Å²) in [5.74, 6) is 0.885. The number of hydrogen-bond donors (Lipinski definition) is 1. The molecule has 2 rings (SSSR count). The van der Waals surface area contributed by atoms with Crippen LogP contribution in [0.1, 0.15) is 11.8 Å². The van der Waals surface area contributed by atoms with Crippen LogP contribution in [0.2, 0.25) is 0 Å². The highest BCUT2D eigenvalue weighted by molar-refractivity contribution is 9.10. The third-order valence-corrected chi connectivity index (χ3v) is 4.75. The van der Waals surface area contributed by atoms with E-state index < -0.39 is 0 Å². The molecule has 0 aliphatic carbocycles. The van der Waals surface area contributed by atoms with Gasteiger partial charge in [-0.2, -0.15) is 0 Å². The number of carbonyl (C=O) groups is 1. The second-order valence-corrected chi connectivity index (χ2v) is 6.98. The van der Waals surface area contributed by atoms with Crippen molar-refractivity contribution in [2.75, 3.05) is 26.2 Å². The van der Waals surface area contributed by atoms with Gasteiger partial charge in [0, 0.05) is 15.9 Å². The van der Waals surface area contributed by atoms with Gasteiger partial charge in [-0.3, -0.25) is 9.69 Å². The molecule has 0 atom stereocenters. The molecule has 1 heterocycles. The summed E-state index contributed by atoms with van der Waals surface area (Å²) in [6.07, 6.45) is 0. The third-order valence-electron chi connectivity index (χ3n) is 3.34. The Morgan fingerprint density at radius 1 is 1.30 bits per heavy atom. The normalized spacial score (nSPS) is 10.7. The zero-order valence-corrected chi connectivity index (χ0v) is 15.5. The molecule has 4 nitrogen and oxygen atoms in total.